The van der Waals surface area contributed by atoms with Crippen molar-refractivity contribution in [2.45, 2.75) is 0 Å². The summed E-state index contributed by atoms with van der Waals surface area (Å²) in [6, 6.07) is 14.9. The van der Waals surface area contributed by atoms with Crippen molar-refractivity contribution >= 4 is 23.1 Å². The minimum absolute atomic E-state index is 0.455. The monoisotopic (exact) mass is 260 g/mol. The Kier molecular flexibility index (Phi) is 3.85. The van der Waals surface area contributed by atoms with Crippen LogP contribution in [-0.2, 0) is 0 Å². The quantitative estimate of drug-likeness (QED) is 0.679. The second-order valence-electron chi connectivity index (χ2n) is 3.68. The van der Waals surface area contributed by atoms with Crippen LogP contribution in [0.15, 0.2) is 53.5 Å². The zero-order chi connectivity index (χ0) is 13.0. The first-order valence-electron chi connectivity index (χ1n) is 5.44. The van der Waals surface area contributed by atoms with E-state index < -0.39 is 0 Å². The van der Waals surface area contributed by atoms with Gasteiger partial charge in [-0.3, -0.25) is 0 Å². The lowest BCUT2D eigenvalue weighted by atomic mass is 10.2. The fraction of sp³-hybridized carbons (Fsp3) is 0.0714. The van der Waals surface area contributed by atoms with Gasteiger partial charge in [-0.25, -0.2) is 4.99 Å². The van der Waals surface area contributed by atoms with Crippen molar-refractivity contribution in [2.75, 3.05) is 7.11 Å². The highest BCUT2D eigenvalue weighted by Crippen LogP contribution is 2.28. The third-order valence-corrected chi connectivity index (χ3v) is 2.75. The number of hydrogen-bond acceptors (Lipinski definition) is 2. The molecule has 4 heteroatoms. The summed E-state index contributed by atoms with van der Waals surface area (Å²) in [5, 5.41) is 0.514. The third kappa shape index (κ3) is 2.81. The lowest BCUT2D eigenvalue weighted by molar-refractivity contribution is 0.415. The van der Waals surface area contributed by atoms with Crippen LogP contribution in [0.4, 0.5) is 5.69 Å². The van der Waals surface area contributed by atoms with Crippen molar-refractivity contribution in [1.82, 2.24) is 0 Å². The molecule has 2 aromatic rings. The fourth-order valence-corrected chi connectivity index (χ4v) is 1.79. The average Bonchev–Trinajstić information content (AvgIpc) is 2.40. The first kappa shape index (κ1) is 12.5. The maximum atomic E-state index is 6.02. The molecule has 0 aliphatic carbocycles. The lowest BCUT2D eigenvalue weighted by Crippen LogP contribution is -2.12. The number of rotatable bonds is 3. The Labute approximate surface area is 111 Å². The van der Waals surface area contributed by atoms with Crippen molar-refractivity contribution < 1.29 is 4.74 Å². The molecular formula is C14H13ClN2O. The standard InChI is InChI=1S/C14H13ClN2O/c1-18-13-8-7-11(9-12(13)15)17-14(16)10-5-3-2-4-6-10/h2-9H,1H3,(H2,16,17). The van der Waals surface area contributed by atoms with Crippen LogP contribution in [0.25, 0.3) is 0 Å². The van der Waals surface area contributed by atoms with E-state index in [1.165, 1.54) is 0 Å². The molecule has 2 aromatic carbocycles. The van der Waals surface area contributed by atoms with E-state index in [4.69, 9.17) is 22.1 Å². The van der Waals surface area contributed by atoms with E-state index in [0.29, 0.717) is 22.3 Å². The van der Waals surface area contributed by atoms with Crippen LogP contribution >= 0.6 is 11.6 Å². The Morgan fingerprint density at radius 1 is 1.17 bits per heavy atom. The second kappa shape index (κ2) is 5.56. The summed E-state index contributed by atoms with van der Waals surface area (Å²) in [7, 11) is 1.57. The van der Waals surface area contributed by atoms with E-state index >= 15 is 0 Å². The van der Waals surface area contributed by atoms with Crippen molar-refractivity contribution in [1.29, 1.82) is 0 Å². The highest BCUT2D eigenvalue weighted by atomic mass is 35.5. The summed E-state index contributed by atoms with van der Waals surface area (Å²) in [6.45, 7) is 0. The summed E-state index contributed by atoms with van der Waals surface area (Å²) in [4.78, 5) is 4.32. The minimum Gasteiger partial charge on any atom is -0.495 e. The Morgan fingerprint density at radius 3 is 2.50 bits per heavy atom. The van der Waals surface area contributed by atoms with Gasteiger partial charge in [0.25, 0.3) is 0 Å². The Bertz CT molecular complexity index is 567. The molecule has 0 heterocycles. The predicted octanol–water partition coefficient (Wildman–Crippen LogP) is 3.39. The van der Waals surface area contributed by atoms with Crippen molar-refractivity contribution in [3.63, 3.8) is 0 Å². The number of aliphatic imine (C=N–C) groups is 1. The molecule has 0 aliphatic rings. The molecule has 0 fully saturated rings. The maximum Gasteiger partial charge on any atom is 0.137 e. The molecule has 0 bridgehead atoms. The number of halogens is 1. The number of methoxy groups -OCH3 is 1. The Balaban J connectivity index is 2.31. The molecule has 2 rings (SSSR count). The van der Waals surface area contributed by atoms with E-state index in [9.17, 15) is 0 Å². The SMILES string of the molecule is COc1ccc(N=C(N)c2ccccc2)cc1Cl. The van der Waals surface area contributed by atoms with E-state index in [2.05, 4.69) is 4.99 Å². The van der Waals surface area contributed by atoms with Gasteiger partial charge in [0, 0.05) is 5.56 Å². The summed E-state index contributed by atoms with van der Waals surface area (Å²) in [5.74, 6) is 1.07. The number of ether oxygens (including phenoxy) is 1. The summed E-state index contributed by atoms with van der Waals surface area (Å²) < 4.78 is 5.08. The molecule has 2 N–H and O–H groups in total. The fourth-order valence-electron chi connectivity index (χ4n) is 1.54. The van der Waals surface area contributed by atoms with Crippen LogP contribution in [0, 0.1) is 0 Å². The predicted molar refractivity (Wildman–Crippen MR) is 74.8 cm³/mol. The Hall–Kier alpha value is -2.00. The van der Waals surface area contributed by atoms with E-state index in [0.717, 1.165) is 5.56 Å². The van der Waals surface area contributed by atoms with Crippen LogP contribution in [0.2, 0.25) is 5.02 Å². The molecule has 0 spiro atoms. The van der Waals surface area contributed by atoms with E-state index in [-0.39, 0.29) is 0 Å². The van der Waals surface area contributed by atoms with Gasteiger partial charge in [-0.15, -0.1) is 0 Å². The molecule has 0 amide bonds. The van der Waals surface area contributed by atoms with Gasteiger partial charge in [-0.1, -0.05) is 41.9 Å². The van der Waals surface area contributed by atoms with Crippen LogP contribution in [0.3, 0.4) is 0 Å². The van der Waals surface area contributed by atoms with E-state index in [1.54, 1.807) is 25.3 Å². The number of amidine groups is 1. The summed E-state index contributed by atoms with van der Waals surface area (Å²) in [5.41, 5.74) is 7.50. The van der Waals surface area contributed by atoms with Gasteiger partial charge in [0.15, 0.2) is 0 Å². The number of nitrogens with zero attached hydrogens (tertiary/aromatic N) is 1. The van der Waals surface area contributed by atoms with Gasteiger partial charge in [0.1, 0.15) is 11.6 Å². The highest BCUT2D eigenvalue weighted by Gasteiger charge is 2.02. The normalized spacial score (nSPS) is 11.3. The maximum absolute atomic E-state index is 6.02. The molecule has 0 saturated carbocycles. The van der Waals surface area contributed by atoms with Gasteiger partial charge < -0.3 is 10.5 Å². The number of hydrogen-bond donors (Lipinski definition) is 1. The number of benzene rings is 2. The zero-order valence-corrected chi connectivity index (χ0v) is 10.7. The number of nitrogens with two attached hydrogens (primary N) is 1. The topological polar surface area (TPSA) is 47.6 Å². The zero-order valence-electron chi connectivity index (χ0n) is 9.93. The van der Waals surface area contributed by atoms with E-state index in [1.807, 2.05) is 30.3 Å². The average molecular weight is 261 g/mol. The van der Waals surface area contributed by atoms with Gasteiger partial charge in [0.2, 0.25) is 0 Å². The highest BCUT2D eigenvalue weighted by molar-refractivity contribution is 6.32. The van der Waals surface area contributed by atoms with Crippen LogP contribution < -0.4 is 10.5 Å². The van der Waals surface area contributed by atoms with Crippen LogP contribution in [0.5, 0.6) is 5.75 Å². The first-order chi connectivity index (χ1) is 8.70. The van der Waals surface area contributed by atoms with Crippen molar-refractivity contribution in [3.05, 3.63) is 59.1 Å². The van der Waals surface area contributed by atoms with Crippen molar-refractivity contribution in [2.24, 2.45) is 10.7 Å². The summed E-state index contributed by atoms with van der Waals surface area (Å²) in [6.07, 6.45) is 0. The van der Waals surface area contributed by atoms with Gasteiger partial charge in [-0.05, 0) is 18.2 Å². The molecule has 18 heavy (non-hydrogen) atoms. The molecule has 0 unspecified atom stereocenters. The van der Waals surface area contributed by atoms with Crippen LogP contribution in [-0.4, -0.2) is 12.9 Å². The molecule has 0 saturated heterocycles. The molecule has 92 valence electrons. The van der Waals surface area contributed by atoms with Gasteiger partial charge >= 0.3 is 0 Å². The molecule has 3 nitrogen and oxygen atoms in total. The Morgan fingerprint density at radius 2 is 1.89 bits per heavy atom. The lowest BCUT2D eigenvalue weighted by Gasteiger charge is -2.04. The van der Waals surface area contributed by atoms with Gasteiger partial charge in [-0.2, -0.15) is 0 Å². The van der Waals surface area contributed by atoms with Crippen LogP contribution in [0.1, 0.15) is 5.56 Å². The molecule has 0 aromatic heterocycles. The third-order valence-electron chi connectivity index (χ3n) is 2.45. The molecular weight excluding hydrogens is 248 g/mol. The molecule has 0 atom stereocenters. The first-order valence-corrected chi connectivity index (χ1v) is 5.81. The minimum atomic E-state index is 0.455. The summed E-state index contributed by atoms with van der Waals surface area (Å²) >= 11 is 6.02. The van der Waals surface area contributed by atoms with Gasteiger partial charge in [0.05, 0.1) is 17.8 Å². The molecule has 0 aliphatic heterocycles. The van der Waals surface area contributed by atoms with Crippen molar-refractivity contribution in [3.8, 4) is 5.75 Å². The largest absolute Gasteiger partial charge is 0.495 e. The smallest absolute Gasteiger partial charge is 0.137 e. The second-order valence-corrected chi connectivity index (χ2v) is 4.09. The molecule has 0 radical (unpaired) electrons.